The number of nitrogens with zero attached hydrogens (tertiary/aromatic N) is 2. The van der Waals surface area contributed by atoms with Gasteiger partial charge in [-0.2, -0.15) is 0 Å². The molecule has 1 aliphatic rings. The standard InChI is InChI=1S/C16H19N3O4/c1-10-4-2-3-5-14(10)23-9-15-17-13-7-6-11(19(21)22)8-12(13)16(20)18-15/h6-8,10,14H,2-5,9H2,1H3,(H,17,18,20). The Bertz CT molecular complexity index is 786. The van der Waals surface area contributed by atoms with Crippen molar-refractivity contribution in [3.05, 3.63) is 44.5 Å². The molecule has 7 nitrogen and oxygen atoms in total. The van der Waals surface area contributed by atoms with Crippen LogP contribution in [-0.2, 0) is 11.3 Å². The summed E-state index contributed by atoms with van der Waals surface area (Å²) >= 11 is 0. The van der Waals surface area contributed by atoms with E-state index in [2.05, 4.69) is 16.9 Å². The third kappa shape index (κ3) is 3.39. The van der Waals surface area contributed by atoms with Gasteiger partial charge in [-0.25, -0.2) is 4.98 Å². The van der Waals surface area contributed by atoms with Crippen molar-refractivity contribution in [1.29, 1.82) is 0 Å². The Morgan fingerprint density at radius 3 is 2.91 bits per heavy atom. The van der Waals surface area contributed by atoms with Crippen LogP contribution in [0, 0.1) is 16.0 Å². The second-order valence-electron chi connectivity index (χ2n) is 6.08. The predicted octanol–water partition coefficient (Wildman–Crippen LogP) is 2.93. The molecule has 1 fully saturated rings. The molecule has 0 radical (unpaired) electrons. The average molecular weight is 317 g/mol. The maximum atomic E-state index is 12.1. The van der Waals surface area contributed by atoms with Crippen molar-refractivity contribution >= 4 is 16.6 Å². The number of aromatic amines is 1. The molecule has 2 atom stereocenters. The number of fused-ring (bicyclic) bond motifs is 1. The molecule has 122 valence electrons. The van der Waals surface area contributed by atoms with Crippen molar-refractivity contribution in [3.8, 4) is 0 Å². The summed E-state index contributed by atoms with van der Waals surface area (Å²) in [5, 5.41) is 11.0. The van der Waals surface area contributed by atoms with E-state index in [1.54, 1.807) is 0 Å². The number of aromatic nitrogens is 2. The van der Waals surface area contributed by atoms with Gasteiger partial charge in [0.2, 0.25) is 0 Å². The van der Waals surface area contributed by atoms with E-state index in [1.807, 2.05) is 0 Å². The maximum Gasteiger partial charge on any atom is 0.270 e. The van der Waals surface area contributed by atoms with Gasteiger partial charge in [0.25, 0.3) is 11.2 Å². The lowest BCUT2D eigenvalue weighted by atomic mass is 9.88. The van der Waals surface area contributed by atoms with Gasteiger partial charge in [-0.1, -0.05) is 19.8 Å². The highest BCUT2D eigenvalue weighted by atomic mass is 16.6. The Morgan fingerprint density at radius 2 is 2.17 bits per heavy atom. The lowest BCUT2D eigenvalue weighted by Gasteiger charge is -2.28. The SMILES string of the molecule is CC1CCCCC1OCc1nc2ccc([N+](=O)[O-])cc2c(=O)[nH]1. The van der Waals surface area contributed by atoms with E-state index in [-0.39, 0.29) is 29.3 Å². The summed E-state index contributed by atoms with van der Waals surface area (Å²) in [6.07, 6.45) is 4.80. The first-order chi connectivity index (χ1) is 11.0. The van der Waals surface area contributed by atoms with Crippen LogP contribution in [0.25, 0.3) is 10.9 Å². The van der Waals surface area contributed by atoms with E-state index >= 15 is 0 Å². The van der Waals surface area contributed by atoms with Gasteiger partial charge in [0.15, 0.2) is 0 Å². The van der Waals surface area contributed by atoms with Crippen LogP contribution in [-0.4, -0.2) is 21.0 Å². The molecule has 0 bridgehead atoms. The molecular weight excluding hydrogens is 298 g/mol. The van der Waals surface area contributed by atoms with Gasteiger partial charge in [-0.05, 0) is 24.8 Å². The van der Waals surface area contributed by atoms with E-state index in [0.29, 0.717) is 17.3 Å². The summed E-state index contributed by atoms with van der Waals surface area (Å²) in [4.78, 5) is 29.4. The molecule has 1 aromatic heterocycles. The minimum atomic E-state index is -0.527. The number of hydrogen-bond acceptors (Lipinski definition) is 5. The van der Waals surface area contributed by atoms with Crippen LogP contribution in [0.5, 0.6) is 0 Å². The summed E-state index contributed by atoms with van der Waals surface area (Å²) in [6, 6.07) is 4.09. The number of benzene rings is 1. The molecule has 1 saturated carbocycles. The zero-order valence-electron chi connectivity index (χ0n) is 12.9. The second-order valence-corrected chi connectivity index (χ2v) is 6.08. The predicted molar refractivity (Wildman–Crippen MR) is 85.2 cm³/mol. The first-order valence-electron chi connectivity index (χ1n) is 7.83. The fourth-order valence-corrected chi connectivity index (χ4v) is 3.07. The van der Waals surface area contributed by atoms with E-state index in [0.717, 1.165) is 12.8 Å². The molecule has 0 saturated heterocycles. The van der Waals surface area contributed by atoms with Gasteiger partial charge in [0.05, 0.1) is 21.9 Å². The lowest BCUT2D eigenvalue weighted by molar-refractivity contribution is -0.384. The smallest absolute Gasteiger partial charge is 0.270 e. The van der Waals surface area contributed by atoms with Crippen molar-refractivity contribution in [2.24, 2.45) is 5.92 Å². The van der Waals surface area contributed by atoms with Gasteiger partial charge in [-0.15, -0.1) is 0 Å². The number of nitro groups is 1. The first-order valence-corrected chi connectivity index (χ1v) is 7.83. The van der Waals surface area contributed by atoms with Gasteiger partial charge in [0, 0.05) is 12.1 Å². The first kappa shape index (κ1) is 15.6. The van der Waals surface area contributed by atoms with E-state index in [4.69, 9.17) is 4.74 Å². The van der Waals surface area contributed by atoms with Gasteiger partial charge in [-0.3, -0.25) is 14.9 Å². The molecule has 1 aliphatic carbocycles. The van der Waals surface area contributed by atoms with Gasteiger partial charge < -0.3 is 9.72 Å². The van der Waals surface area contributed by atoms with Crippen LogP contribution in [0.1, 0.15) is 38.4 Å². The minimum absolute atomic E-state index is 0.121. The largest absolute Gasteiger partial charge is 0.370 e. The zero-order chi connectivity index (χ0) is 16.4. The van der Waals surface area contributed by atoms with E-state index < -0.39 is 4.92 Å². The molecule has 3 rings (SSSR count). The van der Waals surface area contributed by atoms with Crippen LogP contribution in [0.4, 0.5) is 5.69 Å². The number of nitrogens with one attached hydrogen (secondary N) is 1. The Kier molecular flexibility index (Phi) is 4.38. The number of non-ortho nitro benzene ring substituents is 1. The zero-order valence-corrected chi connectivity index (χ0v) is 12.9. The fourth-order valence-electron chi connectivity index (χ4n) is 3.07. The number of nitro benzene ring substituents is 1. The summed E-state index contributed by atoms with van der Waals surface area (Å²) in [5.41, 5.74) is -0.0616. The Balaban J connectivity index is 1.81. The maximum absolute atomic E-state index is 12.1. The third-order valence-corrected chi connectivity index (χ3v) is 4.42. The number of ether oxygens (including phenoxy) is 1. The highest BCUT2D eigenvalue weighted by molar-refractivity contribution is 5.79. The fraction of sp³-hybridized carbons (Fsp3) is 0.500. The number of H-pyrrole nitrogens is 1. The van der Waals surface area contributed by atoms with Crippen LogP contribution in [0.3, 0.4) is 0 Å². The molecular formula is C16H19N3O4. The lowest BCUT2D eigenvalue weighted by Crippen LogP contribution is -2.26. The highest BCUT2D eigenvalue weighted by Crippen LogP contribution is 2.26. The third-order valence-electron chi connectivity index (χ3n) is 4.42. The Labute approximate surface area is 132 Å². The summed E-state index contributed by atoms with van der Waals surface area (Å²) in [6.45, 7) is 2.43. The molecule has 2 aromatic rings. The summed E-state index contributed by atoms with van der Waals surface area (Å²) in [7, 11) is 0. The number of rotatable bonds is 4. The van der Waals surface area contributed by atoms with Crippen LogP contribution < -0.4 is 5.56 Å². The van der Waals surface area contributed by atoms with Crippen LogP contribution in [0.2, 0.25) is 0 Å². The Morgan fingerprint density at radius 1 is 1.39 bits per heavy atom. The van der Waals surface area contributed by atoms with Gasteiger partial charge in [0.1, 0.15) is 12.4 Å². The molecule has 1 heterocycles. The highest BCUT2D eigenvalue weighted by Gasteiger charge is 2.22. The molecule has 2 unspecified atom stereocenters. The molecule has 23 heavy (non-hydrogen) atoms. The summed E-state index contributed by atoms with van der Waals surface area (Å²) in [5.74, 6) is 0.965. The second kappa shape index (κ2) is 6.45. The average Bonchev–Trinajstić information content (AvgIpc) is 2.54. The van der Waals surface area contributed by atoms with E-state index in [1.165, 1.54) is 31.0 Å². The van der Waals surface area contributed by atoms with Crippen LogP contribution in [0.15, 0.2) is 23.0 Å². The molecule has 0 aliphatic heterocycles. The molecule has 1 aromatic carbocycles. The van der Waals surface area contributed by atoms with Crippen molar-refractivity contribution in [3.63, 3.8) is 0 Å². The van der Waals surface area contributed by atoms with Crippen molar-refractivity contribution < 1.29 is 9.66 Å². The minimum Gasteiger partial charge on any atom is -0.370 e. The molecule has 7 heteroatoms. The monoisotopic (exact) mass is 317 g/mol. The van der Waals surface area contributed by atoms with Crippen molar-refractivity contribution in [1.82, 2.24) is 9.97 Å². The van der Waals surface area contributed by atoms with E-state index in [9.17, 15) is 14.9 Å². The molecule has 0 spiro atoms. The summed E-state index contributed by atoms with van der Waals surface area (Å²) < 4.78 is 5.91. The van der Waals surface area contributed by atoms with Crippen LogP contribution >= 0.6 is 0 Å². The molecule has 0 amide bonds. The Hall–Kier alpha value is -2.28. The topological polar surface area (TPSA) is 98.1 Å². The molecule has 1 N–H and O–H groups in total. The quantitative estimate of drug-likeness (QED) is 0.690. The van der Waals surface area contributed by atoms with Crippen molar-refractivity contribution in [2.45, 2.75) is 45.3 Å². The van der Waals surface area contributed by atoms with Gasteiger partial charge >= 0.3 is 0 Å². The van der Waals surface area contributed by atoms with Crippen molar-refractivity contribution in [2.75, 3.05) is 0 Å². The number of hydrogen-bond donors (Lipinski definition) is 1. The normalized spacial score (nSPS) is 21.4.